The summed E-state index contributed by atoms with van der Waals surface area (Å²) in [6, 6.07) is 3.11. The molecule has 1 aromatic carbocycles. The van der Waals surface area contributed by atoms with Gasteiger partial charge in [0.25, 0.3) is 0 Å². The van der Waals surface area contributed by atoms with Gasteiger partial charge in [-0.2, -0.15) is 0 Å². The smallest absolute Gasteiger partial charge is 0.398 e. The molecule has 0 saturated heterocycles. The summed E-state index contributed by atoms with van der Waals surface area (Å²) >= 11 is 0. The quantitative estimate of drug-likeness (QED) is 0.670. The Kier molecular flexibility index (Phi) is 4.12. The molecule has 1 atom stereocenters. The maximum absolute atomic E-state index is 12.1. The maximum Gasteiger partial charge on any atom is 0.573 e. The first kappa shape index (κ1) is 14.2. The summed E-state index contributed by atoms with van der Waals surface area (Å²) in [5.41, 5.74) is -0.455. The summed E-state index contributed by atoms with van der Waals surface area (Å²) in [5, 5.41) is 19.5. The van der Waals surface area contributed by atoms with Gasteiger partial charge >= 0.3 is 12.0 Å². The van der Waals surface area contributed by atoms with Crippen LogP contribution in [0, 0.1) is 10.1 Å². The number of rotatable bonds is 4. The fraction of sp³-hybridized carbons (Fsp3) is 0.400. The van der Waals surface area contributed by atoms with Crippen molar-refractivity contribution in [3.8, 4) is 5.75 Å². The fourth-order valence-electron chi connectivity index (χ4n) is 1.30. The standard InChI is InChI=1S/C10H10F3NO4/c1-6(5-15)7-2-3-8(14(16)17)9(4-7)18-10(11,12)13/h2-4,6,15H,5H2,1H3. The molecule has 0 aliphatic heterocycles. The van der Waals surface area contributed by atoms with E-state index in [4.69, 9.17) is 5.11 Å². The topological polar surface area (TPSA) is 72.6 Å². The summed E-state index contributed by atoms with van der Waals surface area (Å²) in [5.74, 6) is -1.33. The molecular weight excluding hydrogens is 255 g/mol. The number of nitro benzene ring substituents is 1. The number of hydrogen-bond donors (Lipinski definition) is 1. The van der Waals surface area contributed by atoms with Gasteiger partial charge in [0.15, 0.2) is 0 Å². The minimum atomic E-state index is -5.01. The van der Waals surface area contributed by atoms with Gasteiger partial charge in [-0.3, -0.25) is 10.1 Å². The van der Waals surface area contributed by atoms with Crippen LogP contribution < -0.4 is 4.74 Å². The van der Waals surface area contributed by atoms with Crippen molar-refractivity contribution in [3.05, 3.63) is 33.9 Å². The molecule has 0 heterocycles. The van der Waals surface area contributed by atoms with E-state index < -0.39 is 28.6 Å². The predicted octanol–water partition coefficient (Wildman–Crippen LogP) is 2.59. The molecule has 0 saturated carbocycles. The van der Waals surface area contributed by atoms with E-state index in [1.54, 1.807) is 6.92 Å². The molecule has 100 valence electrons. The van der Waals surface area contributed by atoms with E-state index >= 15 is 0 Å². The number of hydrogen-bond acceptors (Lipinski definition) is 4. The second-order valence-electron chi connectivity index (χ2n) is 3.62. The Morgan fingerprint density at radius 1 is 1.50 bits per heavy atom. The fourth-order valence-corrected chi connectivity index (χ4v) is 1.30. The Morgan fingerprint density at radius 3 is 2.56 bits per heavy atom. The summed E-state index contributed by atoms with van der Waals surface area (Å²) < 4.78 is 39.9. The number of aliphatic hydroxyl groups is 1. The number of halogens is 3. The molecule has 18 heavy (non-hydrogen) atoms. The number of ether oxygens (including phenoxy) is 1. The van der Waals surface area contributed by atoms with E-state index in [2.05, 4.69) is 4.74 Å². The molecule has 0 radical (unpaired) electrons. The third-order valence-electron chi connectivity index (χ3n) is 2.25. The first-order chi connectivity index (χ1) is 8.24. The summed E-state index contributed by atoms with van der Waals surface area (Å²) in [6.45, 7) is 1.28. The molecule has 1 N–H and O–H groups in total. The van der Waals surface area contributed by atoms with Gasteiger partial charge in [-0.1, -0.05) is 13.0 Å². The number of alkyl halides is 3. The second kappa shape index (κ2) is 5.21. The second-order valence-corrected chi connectivity index (χ2v) is 3.62. The van der Waals surface area contributed by atoms with E-state index in [1.165, 1.54) is 6.07 Å². The van der Waals surface area contributed by atoms with Crippen LogP contribution in [0.5, 0.6) is 5.75 Å². The van der Waals surface area contributed by atoms with Gasteiger partial charge in [0.1, 0.15) is 0 Å². The lowest BCUT2D eigenvalue weighted by Crippen LogP contribution is -2.18. The summed E-state index contributed by atoms with van der Waals surface area (Å²) in [4.78, 5) is 9.60. The van der Waals surface area contributed by atoms with Crippen molar-refractivity contribution in [1.82, 2.24) is 0 Å². The molecule has 0 aliphatic carbocycles. The van der Waals surface area contributed by atoms with Gasteiger partial charge in [0, 0.05) is 18.6 Å². The van der Waals surface area contributed by atoms with Crippen LogP contribution in [-0.2, 0) is 0 Å². The zero-order valence-corrected chi connectivity index (χ0v) is 9.27. The van der Waals surface area contributed by atoms with Gasteiger partial charge in [-0.05, 0) is 11.6 Å². The highest BCUT2D eigenvalue weighted by Gasteiger charge is 2.34. The Morgan fingerprint density at radius 2 is 2.11 bits per heavy atom. The zero-order valence-electron chi connectivity index (χ0n) is 9.27. The van der Waals surface area contributed by atoms with E-state index in [9.17, 15) is 23.3 Å². The molecule has 0 fully saturated rings. The Balaban J connectivity index is 3.20. The molecule has 5 nitrogen and oxygen atoms in total. The molecule has 0 aliphatic rings. The van der Waals surface area contributed by atoms with Crippen molar-refractivity contribution in [2.24, 2.45) is 0 Å². The maximum atomic E-state index is 12.1. The molecule has 8 heteroatoms. The van der Waals surface area contributed by atoms with Crippen LogP contribution in [0.4, 0.5) is 18.9 Å². The first-order valence-corrected chi connectivity index (χ1v) is 4.89. The van der Waals surface area contributed by atoms with Crippen LogP contribution in [0.2, 0.25) is 0 Å². The monoisotopic (exact) mass is 265 g/mol. The van der Waals surface area contributed by atoms with E-state index in [0.29, 0.717) is 5.56 Å². The average Bonchev–Trinajstić information content (AvgIpc) is 2.25. The SMILES string of the molecule is CC(CO)c1ccc([N+](=O)[O-])c(OC(F)(F)F)c1. The minimum Gasteiger partial charge on any atom is -0.398 e. The lowest BCUT2D eigenvalue weighted by molar-refractivity contribution is -0.388. The normalized spacial score (nSPS) is 13.2. The molecule has 0 aromatic heterocycles. The van der Waals surface area contributed by atoms with Crippen molar-refractivity contribution in [1.29, 1.82) is 0 Å². The molecule has 0 spiro atoms. The van der Waals surface area contributed by atoms with Gasteiger partial charge in [0.2, 0.25) is 5.75 Å². The van der Waals surface area contributed by atoms with E-state index in [-0.39, 0.29) is 6.61 Å². The summed E-state index contributed by atoms with van der Waals surface area (Å²) in [6.07, 6.45) is -5.01. The molecule has 1 rings (SSSR count). The lowest BCUT2D eigenvalue weighted by Gasteiger charge is -2.12. The Labute approximate surface area is 99.9 Å². The molecule has 0 bridgehead atoms. The Bertz CT molecular complexity index is 447. The first-order valence-electron chi connectivity index (χ1n) is 4.89. The number of benzene rings is 1. The number of nitro groups is 1. The van der Waals surface area contributed by atoms with Gasteiger partial charge < -0.3 is 9.84 Å². The lowest BCUT2D eigenvalue weighted by atomic mass is 10.0. The van der Waals surface area contributed by atoms with Crippen LogP contribution in [0.15, 0.2) is 18.2 Å². The molecule has 1 unspecified atom stereocenters. The third-order valence-corrected chi connectivity index (χ3v) is 2.25. The van der Waals surface area contributed by atoms with Gasteiger partial charge in [-0.25, -0.2) is 0 Å². The van der Waals surface area contributed by atoms with Crippen molar-refractivity contribution >= 4 is 5.69 Å². The third kappa shape index (κ3) is 3.59. The van der Waals surface area contributed by atoms with Crippen molar-refractivity contribution < 1.29 is 27.9 Å². The van der Waals surface area contributed by atoms with Crippen molar-refractivity contribution in [2.45, 2.75) is 19.2 Å². The highest BCUT2D eigenvalue weighted by Crippen LogP contribution is 2.34. The summed E-state index contributed by atoms with van der Waals surface area (Å²) in [7, 11) is 0. The average molecular weight is 265 g/mol. The predicted molar refractivity (Wildman–Crippen MR) is 55.3 cm³/mol. The number of nitrogens with zero attached hydrogens (tertiary/aromatic N) is 1. The minimum absolute atomic E-state index is 0.288. The van der Waals surface area contributed by atoms with Crippen LogP contribution in [0.25, 0.3) is 0 Å². The van der Waals surface area contributed by atoms with Crippen molar-refractivity contribution in [3.63, 3.8) is 0 Å². The van der Waals surface area contributed by atoms with Crippen LogP contribution in [-0.4, -0.2) is 23.0 Å². The van der Waals surface area contributed by atoms with Gasteiger partial charge in [-0.15, -0.1) is 13.2 Å². The van der Waals surface area contributed by atoms with Crippen LogP contribution >= 0.6 is 0 Å². The molecule has 0 amide bonds. The molecule has 1 aromatic rings. The molecular formula is C10H10F3NO4. The highest BCUT2D eigenvalue weighted by atomic mass is 19.4. The highest BCUT2D eigenvalue weighted by molar-refractivity contribution is 5.49. The van der Waals surface area contributed by atoms with E-state index in [0.717, 1.165) is 12.1 Å². The largest absolute Gasteiger partial charge is 0.573 e. The van der Waals surface area contributed by atoms with Gasteiger partial charge in [0.05, 0.1) is 4.92 Å². The van der Waals surface area contributed by atoms with E-state index in [1.807, 2.05) is 0 Å². The number of aliphatic hydroxyl groups excluding tert-OH is 1. The zero-order chi connectivity index (χ0) is 13.9. The Hall–Kier alpha value is -1.83. The van der Waals surface area contributed by atoms with Crippen molar-refractivity contribution in [2.75, 3.05) is 6.61 Å². The van der Waals surface area contributed by atoms with Crippen LogP contribution in [0.3, 0.4) is 0 Å². The van der Waals surface area contributed by atoms with Crippen LogP contribution in [0.1, 0.15) is 18.4 Å².